The van der Waals surface area contributed by atoms with Gasteiger partial charge in [0.05, 0.1) is 7.11 Å². The standard InChI is InChI=1S/C15H22F2N2O3/c1-15(2,3)22-14(20)19-8-9(7-18)13-11(17)5-10(16)6-12(13)21-4/h5-6,9H,7-8,18H2,1-4H3,(H,19,20). The van der Waals surface area contributed by atoms with E-state index in [9.17, 15) is 13.6 Å². The maximum atomic E-state index is 14.0. The number of halogens is 2. The fraction of sp³-hybridized carbons (Fsp3) is 0.533. The third kappa shape index (κ3) is 5.14. The van der Waals surface area contributed by atoms with E-state index in [1.165, 1.54) is 7.11 Å². The van der Waals surface area contributed by atoms with Crippen LogP contribution in [0.4, 0.5) is 13.6 Å². The Morgan fingerprint density at radius 2 is 2.00 bits per heavy atom. The Labute approximate surface area is 128 Å². The smallest absolute Gasteiger partial charge is 0.407 e. The van der Waals surface area contributed by atoms with Gasteiger partial charge in [-0.15, -0.1) is 0 Å². The Balaban J connectivity index is 2.87. The lowest BCUT2D eigenvalue weighted by atomic mass is 9.97. The monoisotopic (exact) mass is 316 g/mol. The van der Waals surface area contributed by atoms with Crippen LogP contribution in [-0.2, 0) is 4.74 Å². The van der Waals surface area contributed by atoms with E-state index >= 15 is 0 Å². The van der Waals surface area contributed by atoms with Crippen LogP contribution in [0, 0.1) is 11.6 Å². The Hall–Kier alpha value is -1.89. The van der Waals surface area contributed by atoms with E-state index in [4.69, 9.17) is 15.2 Å². The van der Waals surface area contributed by atoms with Crippen molar-refractivity contribution in [2.24, 2.45) is 5.73 Å². The van der Waals surface area contributed by atoms with E-state index in [0.717, 1.165) is 12.1 Å². The maximum Gasteiger partial charge on any atom is 0.407 e. The number of rotatable bonds is 5. The number of ether oxygens (including phenoxy) is 2. The second-order valence-corrected chi connectivity index (χ2v) is 5.82. The SMILES string of the molecule is COc1cc(F)cc(F)c1C(CN)CNC(=O)OC(C)(C)C. The minimum Gasteiger partial charge on any atom is -0.496 e. The van der Waals surface area contributed by atoms with Gasteiger partial charge in [0.2, 0.25) is 0 Å². The molecule has 1 unspecified atom stereocenters. The van der Waals surface area contributed by atoms with Gasteiger partial charge in [0.1, 0.15) is 23.0 Å². The van der Waals surface area contributed by atoms with Crippen molar-refractivity contribution in [3.8, 4) is 5.75 Å². The largest absolute Gasteiger partial charge is 0.496 e. The summed E-state index contributed by atoms with van der Waals surface area (Å²) in [6, 6.07) is 1.84. The van der Waals surface area contributed by atoms with Crippen molar-refractivity contribution < 1.29 is 23.0 Å². The van der Waals surface area contributed by atoms with E-state index in [2.05, 4.69) is 5.32 Å². The zero-order chi connectivity index (χ0) is 16.9. The molecule has 0 aliphatic rings. The van der Waals surface area contributed by atoms with Crippen molar-refractivity contribution in [3.63, 3.8) is 0 Å². The summed E-state index contributed by atoms with van der Waals surface area (Å²) in [6.07, 6.45) is -0.632. The first-order valence-corrected chi connectivity index (χ1v) is 6.87. The molecule has 1 rings (SSSR count). The highest BCUT2D eigenvalue weighted by Gasteiger charge is 2.23. The number of carbonyl (C=O) groups excluding carboxylic acids is 1. The third-order valence-corrected chi connectivity index (χ3v) is 2.86. The second kappa shape index (κ2) is 7.40. The fourth-order valence-corrected chi connectivity index (χ4v) is 1.95. The van der Waals surface area contributed by atoms with Crippen molar-refractivity contribution in [2.45, 2.75) is 32.3 Å². The van der Waals surface area contributed by atoms with Crippen LogP contribution < -0.4 is 15.8 Å². The third-order valence-electron chi connectivity index (χ3n) is 2.86. The molecule has 0 aliphatic heterocycles. The molecule has 0 saturated carbocycles. The van der Waals surface area contributed by atoms with E-state index in [0.29, 0.717) is 0 Å². The predicted octanol–water partition coefficient (Wildman–Crippen LogP) is 2.54. The molecule has 1 aromatic carbocycles. The fourth-order valence-electron chi connectivity index (χ4n) is 1.95. The second-order valence-electron chi connectivity index (χ2n) is 5.82. The minimum atomic E-state index is -0.765. The summed E-state index contributed by atoms with van der Waals surface area (Å²) in [5.41, 5.74) is 5.13. The average molecular weight is 316 g/mol. The number of nitrogens with two attached hydrogens (primary N) is 1. The summed E-state index contributed by atoms with van der Waals surface area (Å²) >= 11 is 0. The van der Waals surface area contributed by atoms with E-state index in [1.54, 1.807) is 20.8 Å². The number of methoxy groups -OCH3 is 1. The summed E-state index contributed by atoms with van der Waals surface area (Å²) in [6.45, 7) is 5.29. The molecule has 0 bridgehead atoms. The Morgan fingerprint density at radius 1 is 1.36 bits per heavy atom. The van der Waals surface area contributed by atoms with Crippen molar-refractivity contribution in [1.82, 2.24) is 5.32 Å². The van der Waals surface area contributed by atoms with Crippen molar-refractivity contribution in [2.75, 3.05) is 20.2 Å². The number of hydrogen-bond acceptors (Lipinski definition) is 4. The molecule has 0 saturated heterocycles. The normalized spacial score (nSPS) is 12.7. The predicted molar refractivity (Wildman–Crippen MR) is 78.9 cm³/mol. The number of carbonyl (C=O) groups is 1. The quantitative estimate of drug-likeness (QED) is 0.875. The van der Waals surface area contributed by atoms with Gasteiger partial charge in [-0.05, 0) is 20.8 Å². The first-order valence-electron chi connectivity index (χ1n) is 6.87. The van der Waals surface area contributed by atoms with Crippen molar-refractivity contribution in [1.29, 1.82) is 0 Å². The molecule has 1 amide bonds. The molecule has 0 heterocycles. The van der Waals surface area contributed by atoms with Crippen LogP contribution in [0.25, 0.3) is 0 Å². The zero-order valence-electron chi connectivity index (χ0n) is 13.2. The minimum absolute atomic E-state index is 0.0460. The van der Waals surface area contributed by atoms with Gasteiger partial charge >= 0.3 is 6.09 Å². The molecule has 0 spiro atoms. The van der Waals surface area contributed by atoms with Crippen LogP contribution in [0.5, 0.6) is 5.75 Å². The molecular formula is C15H22F2N2O3. The van der Waals surface area contributed by atoms with Gasteiger partial charge in [-0.3, -0.25) is 0 Å². The summed E-state index contributed by atoms with van der Waals surface area (Å²) in [5.74, 6) is -2.02. The molecule has 22 heavy (non-hydrogen) atoms. The molecule has 0 aliphatic carbocycles. The molecule has 0 radical (unpaired) electrons. The Bertz CT molecular complexity index is 530. The Kier molecular flexibility index (Phi) is 6.11. The summed E-state index contributed by atoms with van der Waals surface area (Å²) < 4.78 is 37.3. The molecular weight excluding hydrogens is 294 g/mol. The van der Waals surface area contributed by atoms with Gasteiger partial charge in [-0.2, -0.15) is 0 Å². The average Bonchev–Trinajstić information content (AvgIpc) is 2.38. The summed E-state index contributed by atoms with van der Waals surface area (Å²) in [5, 5.41) is 2.52. The van der Waals surface area contributed by atoms with E-state index in [1.807, 2.05) is 0 Å². The Morgan fingerprint density at radius 3 is 2.50 bits per heavy atom. The van der Waals surface area contributed by atoms with Crippen molar-refractivity contribution >= 4 is 6.09 Å². The van der Waals surface area contributed by atoms with Gasteiger partial charge < -0.3 is 20.5 Å². The van der Waals surface area contributed by atoms with Gasteiger partial charge in [0.15, 0.2) is 0 Å². The lowest BCUT2D eigenvalue weighted by Crippen LogP contribution is -2.36. The van der Waals surface area contributed by atoms with Gasteiger partial charge in [-0.25, -0.2) is 13.6 Å². The first kappa shape index (κ1) is 18.2. The molecule has 1 atom stereocenters. The number of benzene rings is 1. The molecule has 0 fully saturated rings. The lowest BCUT2D eigenvalue weighted by molar-refractivity contribution is 0.0524. The van der Waals surface area contributed by atoms with Gasteiger partial charge in [0.25, 0.3) is 0 Å². The van der Waals surface area contributed by atoms with Crippen LogP contribution >= 0.6 is 0 Å². The summed E-state index contributed by atoms with van der Waals surface area (Å²) in [7, 11) is 1.31. The van der Waals surface area contributed by atoms with Crippen LogP contribution in [0.15, 0.2) is 12.1 Å². The number of alkyl carbamates (subject to hydrolysis) is 1. The molecule has 1 aromatic rings. The van der Waals surface area contributed by atoms with Crippen LogP contribution in [0.1, 0.15) is 32.3 Å². The molecule has 3 N–H and O–H groups in total. The molecule has 5 nitrogen and oxygen atoms in total. The zero-order valence-corrected chi connectivity index (χ0v) is 13.2. The molecule has 124 valence electrons. The highest BCUT2D eigenvalue weighted by atomic mass is 19.1. The van der Waals surface area contributed by atoms with E-state index in [-0.39, 0.29) is 24.4 Å². The first-order chi connectivity index (χ1) is 10.2. The topological polar surface area (TPSA) is 73.6 Å². The van der Waals surface area contributed by atoms with Gasteiger partial charge in [-0.1, -0.05) is 0 Å². The van der Waals surface area contributed by atoms with Gasteiger partial charge in [0, 0.05) is 36.7 Å². The van der Waals surface area contributed by atoms with Crippen LogP contribution in [0.3, 0.4) is 0 Å². The number of amides is 1. The van der Waals surface area contributed by atoms with Crippen LogP contribution in [-0.4, -0.2) is 31.9 Å². The van der Waals surface area contributed by atoms with Crippen LogP contribution in [0.2, 0.25) is 0 Å². The molecule has 0 aromatic heterocycles. The highest BCUT2D eigenvalue weighted by Crippen LogP contribution is 2.30. The number of nitrogens with one attached hydrogen (secondary N) is 1. The van der Waals surface area contributed by atoms with Crippen molar-refractivity contribution in [3.05, 3.63) is 29.3 Å². The number of hydrogen-bond donors (Lipinski definition) is 2. The molecule has 7 heteroatoms. The van der Waals surface area contributed by atoms with E-state index < -0.39 is 29.2 Å². The highest BCUT2D eigenvalue weighted by molar-refractivity contribution is 5.67. The maximum absolute atomic E-state index is 14.0. The summed E-state index contributed by atoms with van der Waals surface area (Å²) in [4.78, 5) is 11.6. The lowest BCUT2D eigenvalue weighted by Gasteiger charge is -2.22.